The monoisotopic (exact) mass is 883 g/mol. The summed E-state index contributed by atoms with van der Waals surface area (Å²) in [5, 5.41) is 0. The van der Waals surface area contributed by atoms with Gasteiger partial charge in [-0.15, -0.1) is 108 Å². The van der Waals surface area contributed by atoms with Crippen molar-refractivity contribution in [2.75, 3.05) is 0 Å². The van der Waals surface area contributed by atoms with Gasteiger partial charge in [0.05, 0.1) is 0 Å². The molecule has 3 aromatic heterocycles. The SMILES string of the molecule is [Ir+3].[c-]1ccccc1-c1cc(-c2ccccc2)ccn1.[c-]1ccccc1-c1cc(-c2ccccc2)ccn1.[c-]1ccccc1-c1cc(-c2ccccc2)ccn1. The second kappa shape index (κ2) is 20.0. The van der Waals surface area contributed by atoms with Crippen LogP contribution in [0.2, 0.25) is 0 Å². The summed E-state index contributed by atoms with van der Waals surface area (Å²) in [6, 6.07) is 76.7. The van der Waals surface area contributed by atoms with Crippen molar-refractivity contribution in [3.8, 4) is 67.2 Å². The smallest absolute Gasteiger partial charge is 0.305 e. The zero-order valence-electron chi connectivity index (χ0n) is 30.0. The summed E-state index contributed by atoms with van der Waals surface area (Å²) in [4.78, 5) is 13.2. The van der Waals surface area contributed by atoms with Crippen molar-refractivity contribution in [3.63, 3.8) is 0 Å². The molecule has 4 heteroatoms. The first kappa shape index (κ1) is 38.2. The number of aromatic nitrogens is 3. The number of hydrogen-bond acceptors (Lipinski definition) is 3. The molecule has 55 heavy (non-hydrogen) atoms. The predicted molar refractivity (Wildman–Crippen MR) is 222 cm³/mol. The van der Waals surface area contributed by atoms with E-state index in [1.165, 1.54) is 33.4 Å². The normalized spacial score (nSPS) is 10.0. The maximum atomic E-state index is 4.40. The minimum absolute atomic E-state index is 0. The summed E-state index contributed by atoms with van der Waals surface area (Å²) in [6.45, 7) is 0. The number of nitrogens with zero attached hydrogens (tertiary/aromatic N) is 3. The Morgan fingerprint density at radius 2 is 0.545 bits per heavy atom. The molecule has 0 amide bonds. The van der Waals surface area contributed by atoms with E-state index < -0.39 is 0 Å². The van der Waals surface area contributed by atoms with Crippen LogP contribution >= 0.6 is 0 Å². The molecule has 3 heterocycles. The van der Waals surface area contributed by atoms with E-state index in [4.69, 9.17) is 0 Å². The van der Waals surface area contributed by atoms with Gasteiger partial charge in [-0.1, -0.05) is 109 Å². The molecule has 0 aliphatic carbocycles. The fourth-order valence-corrected chi connectivity index (χ4v) is 5.82. The summed E-state index contributed by atoms with van der Waals surface area (Å²) in [7, 11) is 0. The summed E-state index contributed by atoms with van der Waals surface area (Å²) in [6.07, 6.45) is 5.54. The van der Waals surface area contributed by atoms with E-state index in [-0.39, 0.29) is 20.1 Å². The molecule has 0 bridgehead atoms. The summed E-state index contributed by atoms with van der Waals surface area (Å²) >= 11 is 0. The molecule has 3 nitrogen and oxygen atoms in total. The van der Waals surface area contributed by atoms with Gasteiger partial charge >= 0.3 is 20.1 Å². The third-order valence-electron chi connectivity index (χ3n) is 8.56. The van der Waals surface area contributed by atoms with E-state index in [9.17, 15) is 0 Å². The van der Waals surface area contributed by atoms with E-state index in [0.29, 0.717) is 0 Å². The van der Waals surface area contributed by atoms with Gasteiger partial charge in [-0.25, -0.2) is 0 Å². The van der Waals surface area contributed by atoms with Crippen LogP contribution in [0.1, 0.15) is 0 Å². The first-order chi connectivity index (χ1) is 26.8. The third kappa shape index (κ3) is 10.7. The van der Waals surface area contributed by atoms with Gasteiger partial charge in [-0.2, -0.15) is 0 Å². The van der Waals surface area contributed by atoms with E-state index in [2.05, 4.69) is 87.7 Å². The zero-order chi connectivity index (χ0) is 36.6. The molecular weight excluding hydrogens is 847 g/mol. The first-order valence-electron chi connectivity index (χ1n) is 17.8. The number of benzene rings is 6. The van der Waals surface area contributed by atoms with E-state index in [0.717, 1.165) is 33.8 Å². The Bertz CT molecular complexity index is 2010. The third-order valence-corrected chi connectivity index (χ3v) is 8.56. The average Bonchev–Trinajstić information content (AvgIpc) is 3.29. The molecule has 0 aliphatic heterocycles. The maximum absolute atomic E-state index is 4.40. The van der Waals surface area contributed by atoms with Crippen molar-refractivity contribution in [2.24, 2.45) is 0 Å². The van der Waals surface area contributed by atoms with Crippen LogP contribution in [0.25, 0.3) is 67.2 Å². The molecule has 0 aliphatic rings. The molecular formula is C51H36IrN3. The van der Waals surface area contributed by atoms with Gasteiger partial charge in [0, 0.05) is 18.6 Å². The molecule has 0 saturated heterocycles. The minimum Gasteiger partial charge on any atom is -0.305 e. The quantitative estimate of drug-likeness (QED) is 0.156. The van der Waals surface area contributed by atoms with Crippen LogP contribution in [0.5, 0.6) is 0 Å². The van der Waals surface area contributed by atoms with E-state index in [1.54, 1.807) is 0 Å². The average molecular weight is 883 g/mol. The predicted octanol–water partition coefficient (Wildman–Crippen LogP) is 12.6. The maximum Gasteiger partial charge on any atom is 3.00 e. The van der Waals surface area contributed by atoms with Crippen molar-refractivity contribution in [2.45, 2.75) is 0 Å². The Kier molecular flexibility index (Phi) is 13.9. The van der Waals surface area contributed by atoms with E-state index >= 15 is 0 Å². The van der Waals surface area contributed by atoms with Crippen LogP contribution in [-0.2, 0) is 20.1 Å². The Labute approximate surface area is 337 Å². The standard InChI is InChI=1S/3C17H12N.Ir/c3*1-3-7-14(8-4-1)16-11-12-18-17(13-16)15-9-5-2-6-10-15;/h3*1-9,11-13H;/q3*-1;+3. The second-order valence-electron chi connectivity index (χ2n) is 12.2. The van der Waals surface area contributed by atoms with Crippen LogP contribution in [-0.4, -0.2) is 15.0 Å². The molecule has 9 aromatic rings. The van der Waals surface area contributed by atoms with Crippen LogP contribution in [0.3, 0.4) is 0 Å². The van der Waals surface area contributed by atoms with Gasteiger partial charge in [0.25, 0.3) is 0 Å². The van der Waals surface area contributed by atoms with Gasteiger partial charge in [0.15, 0.2) is 0 Å². The fraction of sp³-hybridized carbons (Fsp3) is 0. The molecule has 9 rings (SSSR count). The molecule has 0 radical (unpaired) electrons. The fourth-order valence-electron chi connectivity index (χ4n) is 5.82. The molecule has 0 spiro atoms. The largest absolute Gasteiger partial charge is 3.00 e. The van der Waals surface area contributed by atoms with Crippen LogP contribution in [0, 0.1) is 18.2 Å². The molecule has 0 fully saturated rings. The zero-order valence-corrected chi connectivity index (χ0v) is 32.4. The van der Waals surface area contributed by atoms with Gasteiger partial charge in [-0.3, -0.25) is 0 Å². The second-order valence-corrected chi connectivity index (χ2v) is 12.2. The first-order valence-corrected chi connectivity index (χ1v) is 17.8. The number of hydrogen-bond donors (Lipinski definition) is 0. The minimum atomic E-state index is 0. The molecule has 0 N–H and O–H groups in total. The summed E-state index contributed by atoms with van der Waals surface area (Å²) in [5.41, 5.74) is 13.1. The van der Waals surface area contributed by atoms with Crippen molar-refractivity contribution >= 4 is 0 Å². The molecule has 6 aromatic carbocycles. The van der Waals surface area contributed by atoms with Crippen molar-refractivity contribution in [1.82, 2.24) is 15.0 Å². The number of rotatable bonds is 6. The molecule has 264 valence electrons. The number of pyridine rings is 3. The van der Waals surface area contributed by atoms with Crippen molar-refractivity contribution in [1.29, 1.82) is 0 Å². The van der Waals surface area contributed by atoms with Crippen LogP contribution in [0.4, 0.5) is 0 Å². The van der Waals surface area contributed by atoms with Crippen molar-refractivity contribution in [3.05, 3.63) is 237 Å². The molecule has 0 saturated carbocycles. The Morgan fingerprint density at radius 1 is 0.273 bits per heavy atom. The van der Waals surface area contributed by atoms with Crippen LogP contribution < -0.4 is 0 Å². The van der Waals surface area contributed by atoms with Crippen molar-refractivity contribution < 1.29 is 20.1 Å². The summed E-state index contributed by atoms with van der Waals surface area (Å²) in [5.74, 6) is 0. The van der Waals surface area contributed by atoms with Gasteiger partial charge in [-0.05, 0) is 68.7 Å². The van der Waals surface area contributed by atoms with E-state index in [1.807, 2.05) is 164 Å². The Morgan fingerprint density at radius 3 is 0.800 bits per heavy atom. The van der Waals surface area contributed by atoms with Crippen LogP contribution in [0.15, 0.2) is 219 Å². The van der Waals surface area contributed by atoms with Gasteiger partial charge in [0.2, 0.25) is 0 Å². The molecule has 0 atom stereocenters. The van der Waals surface area contributed by atoms with Gasteiger partial charge < -0.3 is 15.0 Å². The Hall–Kier alpha value is -6.58. The molecule has 0 unspecified atom stereocenters. The summed E-state index contributed by atoms with van der Waals surface area (Å²) < 4.78 is 0. The van der Waals surface area contributed by atoms with Gasteiger partial charge in [0.1, 0.15) is 0 Å². The Balaban J connectivity index is 0.000000139. The topological polar surface area (TPSA) is 38.7 Å².